The van der Waals surface area contributed by atoms with E-state index in [0.29, 0.717) is 0 Å². The van der Waals surface area contributed by atoms with E-state index >= 15 is 0 Å². The fourth-order valence-electron chi connectivity index (χ4n) is 4.07. The van der Waals surface area contributed by atoms with Gasteiger partial charge >= 0.3 is 5.97 Å². The zero-order chi connectivity index (χ0) is 21.0. The summed E-state index contributed by atoms with van der Waals surface area (Å²) in [6.07, 6.45) is -2.58. The lowest BCUT2D eigenvalue weighted by Gasteiger charge is -2.41. The van der Waals surface area contributed by atoms with Crippen molar-refractivity contribution >= 4 is 5.97 Å². The molecule has 0 N–H and O–H groups in total. The SMILES string of the molecule is CCOC(=O)C(C)(C)[C@]1(N=[N+]=[N-])O[C@H]([C@@H]2COC(C)(C)O2)[C@@H]2OC(C)(C)O[C@@H]21. The van der Waals surface area contributed by atoms with Crippen molar-refractivity contribution in [1.82, 2.24) is 0 Å². The molecule has 0 saturated carbocycles. The molecular weight excluding hydrogens is 370 g/mol. The van der Waals surface area contributed by atoms with E-state index in [0.717, 1.165) is 0 Å². The normalized spacial score (nSPS) is 38.7. The van der Waals surface area contributed by atoms with Crippen LogP contribution in [0, 0.1) is 5.41 Å². The van der Waals surface area contributed by atoms with Gasteiger partial charge in [0, 0.05) is 4.91 Å². The van der Waals surface area contributed by atoms with E-state index in [2.05, 4.69) is 10.0 Å². The summed E-state index contributed by atoms with van der Waals surface area (Å²) in [5.41, 5.74) is 6.31. The summed E-state index contributed by atoms with van der Waals surface area (Å²) >= 11 is 0. The molecule has 3 aliphatic heterocycles. The number of rotatable bonds is 5. The van der Waals surface area contributed by atoms with Crippen LogP contribution < -0.4 is 0 Å². The Morgan fingerprint density at radius 2 is 1.82 bits per heavy atom. The number of carbonyl (C=O) groups is 1. The second kappa shape index (κ2) is 6.83. The first-order chi connectivity index (χ1) is 12.9. The van der Waals surface area contributed by atoms with Crippen LogP contribution in [0.3, 0.4) is 0 Å². The van der Waals surface area contributed by atoms with Crippen molar-refractivity contribution in [2.45, 2.75) is 90.2 Å². The fourth-order valence-corrected chi connectivity index (χ4v) is 4.07. The van der Waals surface area contributed by atoms with Crippen LogP contribution in [-0.4, -0.2) is 60.9 Å². The first-order valence-electron chi connectivity index (χ1n) is 9.48. The van der Waals surface area contributed by atoms with Crippen molar-refractivity contribution in [3.63, 3.8) is 0 Å². The maximum atomic E-state index is 12.8. The van der Waals surface area contributed by atoms with Crippen molar-refractivity contribution in [3.8, 4) is 0 Å². The summed E-state index contributed by atoms with van der Waals surface area (Å²) in [6.45, 7) is 12.5. The second-order valence-electron chi connectivity index (χ2n) is 8.70. The molecular formula is C18H29N3O7. The van der Waals surface area contributed by atoms with Gasteiger partial charge in [0.1, 0.15) is 24.4 Å². The summed E-state index contributed by atoms with van der Waals surface area (Å²) in [6, 6.07) is 0. The van der Waals surface area contributed by atoms with Crippen LogP contribution in [0.5, 0.6) is 0 Å². The second-order valence-corrected chi connectivity index (χ2v) is 8.70. The largest absolute Gasteiger partial charge is 0.465 e. The Balaban J connectivity index is 2.05. The molecule has 158 valence electrons. The molecule has 3 rings (SSSR count). The smallest absolute Gasteiger partial charge is 0.314 e. The number of fused-ring (bicyclic) bond motifs is 1. The van der Waals surface area contributed by atoms with Crippen molar-refractivity contribution < 1.29 is 33.2 Å². The van der Waals surface area contributed by atoms with E-state index in [1.165, 1.54) is 0 Å². The van der Waals surface area contributed by atoms with Gasteiger partial charge in [0.05, 0.1) is 18.6 Å². The average Bonchev–Trinajstić information content (AvgIpc) is 3.18. The summed E-state index contributed by atoms with van der Waals surface area (Å²) in [4.78, 5) is 15.8. The molecule has 0 spiro atoms. The van der Waals surface area contributed by atoms with E-state index in [4.69, 9.17) is 28.4 Å². The van der Waals surface area contributed by atoms with E-state index in [9.17, 15) is 10.3 Å². The van der Waals surface area contributed by atoms with Crippen LogP contribution in [0.25, 0.3) is 10.4 Å². The molecule has 0 aromatic rings. The molecule has 3 heterocycles. The maximum Gasteiger partial charge on any atom is 0.314 e. The van der Waals surface area contributed by atoms with Crippen molar-refractivity contribution in [2.75, 3.05) is 13.2 Å². The van der Waals surface area contributed by atoms with Gasteiger partial charge in [-0.3, -0.25) is 4.79 Å². The first-order valence-corrected chi connectivity index (χ1v) is 9.48. The molecule has 3 fully saturated rings. The predicted octanol–water partition coefficient (Wildman–Crippen LogP) is 2.65. The van der Waals surface area contributed by atoms with Crippen LogP contribution in [-0.2, 0) is 33.2 Å². The molecule has 5 atom stereocenters. The number of azide groups is 1. The van der Waals surface area contributed by atoms with Gasteiger partial charge in [0.15, 0.2) is 17.3 Å². The number of hydrogen-bond donors (Lipinski definition) is 0. The highest BCUT2D eigenvalue weighted by molar-refractivity contribution is 5.78. The van der Waals surface area contributed by atoms with Crippen LogP contribution >= 0.6 is 0 Å². The van der Waals surface area contributed by atoms with Gasteiger partial charge in [-0.15, -0.1) is 0 Å². The lowest BCUT2D eigenvalue weighted by molar-refractivity contribution is -0.248. The van der Waals surface area contributed by atoms with Gasteiger partial charge < -0.3 is 28.4 Å². The van der Waals surface area contributed by atoms with Crippen molar-refractivity contribution in [2.24, 2.45) is 10.5 Å². The lowest BCUT2D eigenvalue weighted by Crippen LogP contribution is -2.56. The molecule has 0 aliphatic carbocycles. The summed E-state index contributed by atoms with van der Waals surface area (Å²) in [7, 11) is 0. The van der Waals surface area contributed by atoms with E-state index in [1.54, 1.807) is 48.5 Å². The number of hydrogen-bond acceptors (Lipinski definition) is 8. The Bertz CT molecular complexity index is 689. The first kappa shape index (κ1) is 21.3. The molecule has 10 nitrogen and oxygen atoms in total. The summed E-state index contributed by atoms with van der Waals surface area (Å²) in [5.74, 6) is -2.29. The van der Waals surface area contributed by atoms with Gasteiger partial charge in [-0.05, 0) is 54.0 Å². The molecule has 0 aromatic carbocycles. The van der Waals surface area contributed by atoms with Crippen LogP contribution in [0.2, 0.25) is 0 Å². The zero-order valence-electron chi connectivity index (χ0n) is 17.4. The van der Waals surface area contributed by atoms with Crippen molar-refractivity contribution in [1.29, 1.82) is 0 Å². The third kappa shape index (κ3) is 3.28. The Morgan fingerprint density at radius 3 is 2.36 bits per heavy atom. The van der Waals surface area contributed by atoms with Crippen LogP contribution in [0.4, 0.5) is 0 Å². The molecule has 0 aromatic heterocycles. The third-order valence-electron chi connectivity index (χ3n) is 5.43. The number of carbonyl (C=O) groups excluding carboxylic acids is 1. The number of ether oxygens (including phenoxy) is 6. The highest BCUT2D eigenvalue weighted by Crippen LogP contribution is 2.54. The Hall–Kier alpha value is -1.42. The monoisotopic (exact) mass is 399 g/mol. The van der Waals surface area contributed by atoms with Gasteiger partial charge in [-0.25, -0.2) is 0 Å². The lowest BCUT2D eigenvalue weighted by atomic mass is 9.77. The standard InChI is InChI=1S/C18H29N3O7/c1-8-23-14(22)15(2,3)18(20-21-19)13-12(26-17(6,7)28-13)11(27-18)10-9-24-16(4,5)25-10/h10-13H,8-9H2,1-7H3/t10-,11+,12-,13-,18+/m0/s1. The highest BCUT2D eigenvalue weighted by atomic mass is 16.8. The average molecular weight is 399 g/mol. The van der Waals surface area contributed by atoms with Crippen molar-refractivity contribution in [3.05, 3.63) is 10.4 Å². The Morgan fingerprint density at radius 1 is 1.14 bits per heavy atom. The maximum absolute atomic E-state index is 12.8. The van der Waals surface area contributed by atoms with Gasteiger partial charge in [0.25, 0.3) is 0 Å². The fraction of sp³-hybridized carbons (Fsp3) is 0.944. The molecule has 28 heavy (non-hydrogen) atoms. The molecule has 0 bridgehead atoms. The number of nitrogens with zero attached hydrogens (tertiary/aromatic N) is 3. The summed E-state index contributed by atoms with van der Waals surface area (Å²) < 4.78 is 35.3. The van der Waals surface area contributed by atoms with E-state index in [-0.39, 0.29) is 13.2 Å². The van der Waals surface area contributed by atoms with Crippen LogP contribution in [0.1, 0.15) is 48.5 Å². The minimum atomic E-state index is -1.67. The van der Waals surface area contributed by atoms with Gasteiger partial charge in [-0.1, -0.05) is 5.11 Å². The minimum absolute atomic E-state index is 0.183. The Kier molecular flexibility index (Phi) is 5.19. The van der Waals surface area contributed by atoms with Crippen LogP contribution in [0.15, 0.2) is 5.11 Å². The topological polar surface area (TPSA) is 121 Å². The van der Waals surface area contributed by atoms with Gasteiger partial charge in [0.2, 0.25) is 0 Å². The molecule has 3 aliphatic rings. The summed E-state index contributed by atoms with van der Waals surface area (Å²) in [5, 5.41) is 3.95. The van der Waals surface area contributed by atoms with E-state index < -0.39 is 53.1 Å². The molecule has 0 radical (unpaired) electrons. The molecule has 3 saturated heterocycles. The predicted molar refractivity (Wildman–Crippen MR) is 95.9 cm³/mol. The quantitative estimate of drug-likeness (QED) is 0.301. The molecule has 10 heteroatoms. The highest BCUT2D eigenvalue weighted by Gasteiger charge is 2.71. The van der Waals surface area contributed by atoms with Gasteiger partial charge in [-0.2, -0.15) is 0 Å². The third-order valence-corrected chi connectivity index (χ3v) is 5.43. The Labute approximate surface area is 164 Å². The minimum Gasteiger partial charge on any atom is -0.465 e. The number of esters is 1. The molecule has 0 unspecified atom stereocenters. The molecule has 0 amide bonds. The van der Waals surface area contributed by atoms with E-state index in [1.807, 2.05) is 0 Å². The zero-order valence-corrected chi connectivity index (χ0v) is 17.4.